The van der Waals surface area contributed by atoms with Crippen molar-refractivity contribution in [3.8, 4) is 0 Å². The monoisotopic (exact) mass is 275 g/mol. The van der Waals surface area contributed by atoms with Gasteiger partial charge in [-0.05, 0) is 0 Å². The Labute approximate surface area is 109 Å². The molecule has 4 N–H and O–H groups in total. The Morgan fingerprint density at radius 3 is 2.28 bits per heavy atom. The molecular formula is C12H25NO4Si. The quantitative estimate of drug-likeness (QED) is 0.504. The molecule has 5 nitrogen and oxygen atoms in total. The van der Waals surface area contributed by atoms with Gasteiger partial charge in [0.2, 0.25) is 0 Å². The van der Waals surface area contributed by atoms with E-state index >= 15 is 0 Å². The number of nitrogens with zero attached hydrogens (tertiary/aromatic N) is 1. The average Bonchev–Trinajstić information content (AvgIpc) is 2.25. The molecule has 0 aliphatic carbocycles. The Morgan fingerprint density at radius 2 is 1.78 bits per heavy atom. The van der Waals surface area contributed by atoms with Crippen LogP contribution in [0.25, 0.3) is 0 Å². The molecule has 0 saturated carbocycles. The van der Waals surface area contributed by atoms with E-state index in [1.807, 2.05) is 6.08 Å². The van der Waals surface area contributed by atoms with E-state index in [1.54, 1.807) is 4.90 Å². The number of likely N-dealkylation sites (tertiary alicyclic amines) is 1. The first-order chi connectivity index (χ1) is 8.26. The fourth-order valence-corrected chi connectivity index (χ4v) is 2.94. The van der Waals surface area contributed by atoms with Crippen LogP contribution in [0.2, 0.25) is 19.6 Å². The number of β-amino-alcohol motifs (C(OH)–C–C–N with tert-alkyl or cyclic N) is 1. The summed E-state index contributed by atoms with van der Waals surface area (Å²) in [6, 6.07) is -0.519. The lowest BCUT2D eigenvalue weighted by Gasteiger charge is -2.42. The molecule has 0 aromatic rings. The van der Waals surface area contributed by atoms with Crippen molar-refractivity contribution < 1.29 is 20.4 Å². The van der Waals surface area contributed by atoms with Gasteiger partial charge in [-0.15, -0.1) is 0 Å². The van der Waals surface area contributed by atoms with E-state index in [9.17, 15) is 20.4 Å². The van der Waals surface area contributed by atoms with Crippen LogP contribution in [0.4, 0.5) is 0 Å². The first-order valence-corrected chi connectivity index (χ1v) is 9.91. The summed E-state index contributed by atoms with van der Waals surface area (Å²) in [7, 11) is -1.27. The topological polar surface area (TPSA) is 84.2 Å². The highest BCUT2D eigenvalue weighted by Crippen LogP contribution is 2.18. The molecule has 0 amide bonds. The van der Waals surface area contributed by atoms with Crippen molar-refractivity contribution in [3.63, 3.8) is 0 Å². The number of rotatable bonds is 4. The van der Waals surface area contributed by atoms with Crippen LogP contribution in [-0.2, 0) is 0 Å². The molecule has 0 unspecified atom stereocenters. The molecule has 0 bridgehead atoms. The van der Waals surface area contributed by atoms with Crippen molar-refractivity contribution in [1.82, 2.24) is 4.90 Å². The zero-order valence-electron chi connectivity index (χ0n) is 11.3. The van der Waals surface area contributed by atoms with E-state index in [4.69, 9.17) is 0 Å². The lowest BCUT2D eigenvalue weighted by Crippen LogP contribution is -2.62. The van der Waals surface area contributed by atoms with Crippen LogP contribution in [0.15, 0.2) is 11.8 Å². The Hall–Kier alpha value is -0.243. The molecule has 18 heavy (non-hydrogen) atoms. The van der Waals surface area contributed by atoms with Crippen molar-refractivity contribution in [3.05, 3.63) is 11.8 Å². The van der Waals surface area contributed by atoms with Gasteiger partial charge in [-0.3, -0.25) is 4.90 Å². The fraction of sp³-hybridized carbons (Fsp3) is 0.833. The number of aliphatic hydroxyl groups excluding tert-OH is 4. The molecule has 1 fully saturated rings. The molecule has 1 heterocycles. The van der Waals surface area contributed by atoms with Gasteiger partial charge in [0.05, 0.1) is 26.8 Å². The predicted molar refractivity (Wildman–Crippen MR) is 73.0 cm³/mol. The largest absolute Gasteiger partial charge is 0.395 e. The minimum Gasteiger partial charge on any atom is -0.395 e. The van der Waals surface area contributed by atoms with E-state index in [1.165, 1.54) is 0 Å². The van der Waals surface area contributed by atoms with Gasteiger partial charge < -0.3 is 20.4 Å². The Balaban J connectivity index is 2.66. The van der Waals surface area contributed by atoms with Crippen molar-refractivity contribution in [2.45, 2.75) is 44.0 Å². The second-order valence-electron chi connectivity index (χ2n) is 6.02. The van der Waals surface area contributed by atoms with E-state index in [2.05, 4.69) is 25.3 Å². The number of hydrogen-bond acceptors (Lipinski definition) is 5. The Kier molecular flexibility index (Phi) is 5.51. The van der Waals surface area contributed by atoms with Gasteiger partial charge in [-0.1, -0.05) is 31.4 Å². The summed E-state index contributed by atoms with van der Waals surface area (Å²) in [6.07, 6.45) is -1.24. The normalized spacial score (nSPS) is 35.3. The van der Waals surface area contributed by atoms with E-state index in [-0.39, 0.29) is 13.2 Å². The van der Waals surface area contributed by atoms with Gasteiger partial charge >= 0.3 is 0 Å². The van der Waals surface area contributed by atoms with Crippen LogP contribution in [0.3, 0.4) is 0 Å². The molecule has 4 atom stereocenters. The van der Waals surface area contributed by atoms with Gasteiger partial charge in [0, 0.05) is 13.1 Å². The molecule has 106 valence electrons. The van der Waals surface area contributed by atoms with Crippen LogP contribution in [0.5, 0.6) is 0 Å². The molecule has 0 aromatic carbocycles. The zero-order valence-corrected chi connectivity index (χ0v) is 12.3. The van der Waals surface area contributed by atoms with Gasteiger partial charge in [-0.25, -0.2) is 0 Å². The van der Waals surface area contributed by atoms with Gasteiger partial charge in [-0.2, -0.15) is 0 Å². The van der Waals surface area contributed by atoms with Gasteiger partial charge in [0.1, 0.15) is 12.2 Å². The number of piperidine rings is 1. The number of hydrogen-bond donors (Lipinski definition) is 4. The second kappa shape index (κ2) is 6.27. The molecular weight excluding hydrogens is 250 g/mol. The summed E-state index contributed by atoms with van der Waals surface area (Å²) < 4.78 is 0. The third kappa shape index (κ3) is 4.15. The van der Waals surface area contributed by atoms with Crippen molar-refractivity contribution in [1.29, 1.82) is 0 Å². The standard InChI is InChI=1S/C12H25NO4Si/c1-18(2,3)6-4-5-13-7-10(15)12(17)11(16)9(13)8-14/h4,6,9-12,14-17H,5,7-8H2,1-3H3/b6-4+/t9-,10+,11-,12-/m1/s1. The SMILES string of the molecule is C[Si](C)(C)/C=C/CN1C[C@H](O)[C@@H](O)[C@H](O)[C@H]1CO. The van der Waals surface area contributed by atoms with Crippen LogP contribution < -0.4 is 0 Å². The fourth-order valence-electron chi connectivity index (χ4n) is 2.13. The van der Waals surface area contributed by atoms with Crippen LogP contribution in [0, 0.1) is 0 Å². The molecule has 1 rings (SSSR count). The minimum atomic E-state index is -1.27. The Morgan fingerprint density at radius 1 is 1.17 bits per heavy atom. The number of aliphatic hydroxyl groups is 4. The van der Waals surface area contributed by atoms with Crippen molar-refractivity contribution in [2.24, 2.45) is 0 Å². The average molecular weight is 275 g/mol. The maximum Gasteiger partial charge on any atom is 0.109 e. The summed E-state index contributed by atoms with van der Waals surface area (Å²) in [5.41, 5.74) is 2.19. The maximum absolute atomic E-state index is 9.81. The van der Waals surface area contributed by atoms with Crippen LogP contribution in [-0.4, -0.2) is 77.5 Å². The first kappa shape index (κ1) is 15.8. The molecule has 0 spiro atoms. The van der Waals surface area contributed by atoms with Crippen molar-refractivity contribution in [2.75, 3.05) is 19.7 Å². The van der Waals surface area contributed by atoms with Gasteiger partial charge in [0.15, 0.2) is 0 Å². The van der Waals surface area contributed by atoms with Crippen molar-refractivity contribution >= 4 is 8.07 Å². The summed E-state index contributed by atoms with van der Waals surface area (Å²) in [6.45, 7) is 7.26. The third-order valence-corrected chi connectivity index (χ3v) is 4.41. The summed E-state index contributed by atoms with van der Waals surface area (Å²) in [5.74, 6) is 0. The summed E-state index contributed by atoms with van der Waals surface area (Å²) in [4.78, 5) is 1.80. The van der Waals surface area contributed by atoms with E-state index in [0.29, 0.717) is 6.54 Å². The molecule has 1 saturated heterocycles. The molecule has 6 heteroatoms. The Bertz CT molecular complexity index is 292. The van der Waals surface area contributed by atoms with Crippen LogP contribution in [0.1, 0.15) is 0 Å². The predicted octanol–water partition coefficient (Wildman–Crippen LogP) is -0.821. The maximum atomic E-state index is 9.81. The molecule has 1 aliphatic rings. The van der Waals surface area contributed by atoms with E-state index < -0.39 is 32.4 Å². The summed E-state index contributed by atoms with van der Waals surface area (Å²) >= 11 is 0. The third-order valence-electron chi connectivity index (χ3n) is 3.17. The summed E-state index contributed by atoms with van der Waals surface area (Å²) in [5, 5.41) is 38.3. The second-order valence-corrected chi connectivity index (χ2v) is 11.1. The lowest BCUT2D eigenvalue weighted by atomic mass is 9.94. The molecule has 0 aromatic heterocycles. The minimum absolute atomic E-state index is 0.230. The van der Waals surface area contributed by atoms with E-state index in [0.717, 1.165) is 0 Å². The highest BCUT2D eigenvalue weighted by Gasteiger charge is 2.40. The molecule has 1 aliphatic heterocycles. The van der Waals surface area contributed by atoms with Crippen LogP contribution >= 0.6 is 0 Å². The first-order valence-electron chi connectivity index (χ1n) is 6.33. The van der Waals surface area contributed by atoms with Gasteiger partial charge in [0.25, 0.3) is 0 Å². The zero-order chi connectivity index (χ0) is 13.9. The lowest BCUT2D eigenvalue weighted by molar-refractivity contribution is -0.142. The smallest absolute Gasteiger partial charge is 0.109 e. The highest BCUT2D eigenvalue weighted by atomic mass is 28.3. The molecule has 0 radical (unpaired) electrons. The highest BCUT2D eigenvalue weighted by molar-refractivity contribution is 6.80.